The second kappa shape index (κ2) is 10.2. The topological polar surface area (TPSA) is 85.1 Å². The molecule has 4 rings (SSSR count). The molecule has 1 heterocycles. The standard InChI is InChI=1S/C28H25F4N3O2/c1-15-4-3-5-18(12-17-6-8-19(9-7-17)28(30,31)32)16(2)25(15)35-27(37)22-14-24(26(33)36)34-23-13-20(29)10-11-21(22)23/h4,6-11,13-14,18H,3,5,12H2,1-2H3,(H2,33,36)(H,35,37)/t18-/m0/s1. The molecule has 0 saturated heterocycles. The first kappa shape index (κ1) is 26.1. The maximum atomic E-state index is 13.8. The van der Waals surface area contributed by atoms with Crippen LogP contribution >= 0.6 is 0 Å². The number of nitrogens with one attached hydrogen (secondary N) is 1. The average molecular weight is 512 g/mol. The molecule has 9 heteroatoms. The van der Waals surface area contributed by atoms with E-state index in [0.29, 0.717) is 17.5 Å². The summed E-state index contributed by atoms with van der Waals surface area (Å²) in [7, 11) is 0. The summed E-state index contributed by atoms with van der Waals surface area (Å²) in [5.41, 5.74) is 7.86. The smallest absolute Gasteiger partial charge is 0.364 e. The van der Waals surface area contributed by atoms with Crippen molar-refractivity contribution >= 4 is 22.7 Å². The number of hydrogen-bond acceptors (Lipinski definition) is 3. The number of primary amides is 1. The van der Waals surface area contributed by atoms with E-state index in [1.165, 1.54) is 30.3 Å². The van der Waals surface area contributed by atoms with Crippen LogP contribution in [0.25, 0.3) is 10.9 Å². The Bertz CT molecular complexity index is 1440. The molecule has 1 aliphatic carbocycles. The summed E-state index contributed by atoms with van der Waals surface area (Å²) in [5, 5.41) is 3.30. The molecule has 2 aromatic carbocycles. The molecule has 0 bridgehead atoms. The highest BCUT2D eigenvalue weighted by molar-refractivity contribution is 6.09. The molecule has 0 radical (unpaired) electrons. The maximum Gasteiger partial charge on any atom is 0.416 e. The van der Waals surface area contributed by atoms with Gasteiger partial charge < -0.3 is 11.1 Å². The fourth-order valence-corrected chi connectivity index (χ4v) is 4.60. The summed E-state index contributed by atoms with van der Waals surface area (Å²) in [4.78, 5) is 29.3. The zero-order chi connectivity index (χ0) is 26.9. The molecule has 1 aliphatic rings. The molecule has 1 atom stereocenters. The first-order chi connectivity index (χ1) is 17.4. The number of amides is 2. The number of aromatic nitrogens is 1. The molecule has 192 valence electrons. The van der Waals surface area contributed by atoms with Crippen molar-refractivity contribution in [3.05, 3.63) is 99.7 Å². The number of pyridine rings is 1. The number of carbonyl (C=O) groups excluding carboxylic acids is 2. The van der Waals surface area contributed by atoms with Gasteiger partial charge in [-0.1, -0.05) is 18.2 Å². The second-order valence-corrected chi connectivity index (χ2v) is 9.15. The Labute approximate surface area is 211 Å². The summed E-state index contributed by atoms with van der Waals surface area (Å²) in [6.07, 6.45) is -0.398. The Balaban J connectivity index is 1.66. The molecule has 0 unspecified atom stereocenters. The molecule has 3 aromatic rings. The van der Waals surface area contributed by atoms with Crippen LogP contribution in [0.2, 0.25) is 0 Å². The van der Waals surface area contributed by atoms with Gasteiger partial charge in [-0.05, 0) is 86.1 Å². The number of allylic oxidation sites excluding steroid dienone is 3. The monoisotopic (exact) mass is 511 g/mol. The zero-order valence-electron chi connectivity index (χ0n) is 20.2. The molecule has 5 nitrogen and oxygen atoms in total. The molecule has 0 saturated carbocycles. The van der Waals surface area contributed by atoms with Gasteiger partial charge in [0.05, 0.1) is 16.6 Å². The minimum atomic E-state index is -4.40. The van der Waals surface area contributed by atoms with Gasteiger partial charge in [0.25, 0.3) is 11.8 Å². The Morgan fingerprint density at radius 3 is 2.43 bits per heavy atom. The molecular formula is C28H25F4N3O2. The molecular weight excluding hydrogens is 486 g/mol. The molecule has 0 spiro atoms. The normalized spacial score (nSPS) is 16.4. The van der Waals surface area contributed by atoms with Crippen molar-refractivity contribution in [2.24, 2.45) is 11.7 Å². The lowest BCUT2D eigenvalue weighted by molar-refractivity contribution is -0.137. The van der Waals surface area contributed by atoms with E-state index in [4.69, 9.17) is 5.73 Å². The van der Waals surface area contributed by atoms with Gasteiger partial charge in [0.15, 0.2) is 0 Å². The number of halogens is 4. The Morgan fingerprint density at radius 1 is 1.08 bits per heavy atom. The predicted molar refractivity (Wildman–Crippen MR) is 132 cm³/mol. The van der Waals surface area contributed by atoms with Gasteiger partial charge in [0, 0.05) is 17.1 Å². The van der Waals surface area contributed by atoms with Crippen molar-refractivity contribution < 1.29 is 27.2 Å². The van der Waals surface area contributed by atoms with Gasteiger partial charge in [-0.3, -0.25) is 9.59 Å². The van der Waals surface area contributed by atoms with Gasteiger partial charge in [0.1, 0.15) is 11.5 Å². The third kappa shape index (κ3) is 5.71. The van der Waals surface area contributed by atoms with Gasteiger partial charge in [-0.25, -0.2) is 9.37 Å². The number of rotatable bonds is 5. The molecule has 2 amide bonds. The van der Waals surface area contributed by atoms with Crippen LogP contribution in [0, 0.1) is 11.7 Å². The fraction of sp³-hybridized carbons (Fsp3) is 0.250. The third-order valence-electron chi connectivity index (χ3n) is 6.64. The van der Waals surface area contributed by atoms with E-state index in [-0.39, 0.29) is 22.7 Å². The van der Waals surface area contributed by atoms with Crippen LogP contribution in [0.5, 0.6) is 0 Å². The van der Waals surface area contributed by atoms with Crippen LogP contribution in [-0.4, -0.2) is 16.8 Å². The summed E-state index contributed by atoms with van der Waals surface area (Å²) in [5.74, 6) is -1.96. The first-order valence-corrected chi connectivity index (χ1v) is 11.7. The number of hydrogen-bond donors (Lipinski definition) is 2. The summed E-state index contributed by atoms with van der Waals surface area (Å²) in [6.45, 7) is 3.76. The van der Waals surface area contributed by atoms with Gasteiger partial charge in [-0.15, -0.1) is 0 Å². The van der Waals surface area contributed by atoms with Crippen LogP contribution < -0.4 is 11.1 Å². The molecule has 37 heavy (non-hydrogen) atoms. The van der Waals surface area contributed by atoms with Crippen molar-refractivity contribution in [1.82, 2.24) is 10.3 Å². The predicted octanol–water partition coefficient (Wildman–Crippen LogP) is 6.09. The second-order valence-electron chi connectivity index (χ2n) is 9.15. The van der Waals surface area contributed by atoms with Crippen LogP contribution in [0.4, 0.5) is 17.6 Å². The van der Waals surface area contributed by atoms with Crippen molar-refractivity contribution in [3.63, 3.8) is 0 Å². The molecule has 1 aromatic heterocycles. The van der Waals surface area contributed by atoms with E-state index in [1.807, 2.05) is 19.9 Å². The summed E-state index contributed by atoms with van der Waals surface area (Å²) in [6, 6.07) is 10.1. The number of nitrogens with two attached hydrogens (primary N) is 1. The van der Waals surface area contributed by atoms with E-state index in [1.54, 1.807) is 0 Å². The highest BCUT2D eigenvalue weighted by atomic mass is 19.4. The van der Waals surface area contributed by atoms with Crippen molar-refractivity contribution in [2.75, 3.05) is 0 Å². The van der Waals surface area contributed by atoms with E-state index < -0.39 is 29.4 Å². The molecule has 0 aliphatic heterocycles. The number of nitrogens with zero attached hydrogens (tertiary/aromatic N) is 1. The summed E-state index contributed by atoms with van der Waals surface area (Å²) >= 11 is 0. The lowest BCUT2D eigenvalue weighted by atomic mass is 9.88. The average Bonchev–Trinajstić information content (AvgIpc) is 2.96. The number of benzene rings is 2. The lowest BCUT2D eigenvalue weighted by Gasteiger charge is -2.21. The third-order valence-corrected chi connectivity index (χ3v) is 6.64. The van der Waals surface area contributed by atoms with Gasteiger partial charge >= 0.3 is 6.18 Å². The molecule has 3 N–H and O–H groups in total. The van der Waals surface area contributed by atoms with Crippen molar-refractivity contribution in [1.29, 1.82) is 0 Å². The SMILES string of the molecule is CC1=CCC[C@@H](Cc2ccc(C(F)(F)F)cc2)C(C)=C1NC(=O)c1cc(C(N)=O)nc2cc(F)ccc12. The van der Waals surface area contributed by atoms with E-state index in [9.17, 15) is 27.2 Å². The zero-order valence-corrected chi connectivity index (χ0v) is 20.2. The Morgan fingerprint density at radius 2 is 1.78 bits per heavy atom. The van der Waals surface area contributed by atoms with Crippen molar-refractivity contribution in [2.45, 2.75) is 39.3 Å². The largest absolute Gasteiger partial charge is 0.416 e. The quantitative estimate of drug-likeness (QED) is 0.406. The molecule has 0 fully saturated rings. The summed E-state index contributed by atoms with van der Waals surface area (Å²) < 4.78 is 52.6. The fourth-order valence-electron chi connectivity index (χ4n) is 4.60. The van der Waals surface area contributed by atoms with Crippen LogP contribution in [0.1, 0.15) is 58.7 Å². The minimum absolute atomic E-state index is 0.0230. The number of alkyl halides is 3. The maximum absolute atomic E-state index is 13.8. The van der Waals surface area contributed by atoms with Gasteiger partial charge in [-0.2, -0.15) is 13.2 Å². The van der Waals surface area contributed by atoms with Crippen LogP contribution in [-0.2, 0) is 12.6 Å². The number of fused-ring (bicyclic) bond motifs is 1. The Hall–Kier alpha value is -4.01. The lowest BCUT2D eigenvalue weighted by Crippen LogP contribution is -2.27. The van der Waals surface area contributed by atoms with E-state index in [0.717, 1.165) is 47.8 Å². The highest BCUT2D eigenvalue weighted by Gasteiger charge is 2.30. The number of carbonyl (C=O) groups is 2. The van der Waals surface area contributed by atoms with E-state index in [2.05, 4.69) is 10.3 Å². The highest BCUT2D eigenvalue weighted by Crippen LogP contribution is 2.33. The van der Waals surface area contributed by atoms with Crippen molar-refractivity contribution in [3.8, 4) is 0 Å². The van der Waals surface area contributed by atoms with Crippen LogP contribution in [0.3, 0.4) is 0 Å². The minimum Gasteiger partial charge on any atom is -0.364 e. The van der Waals surface area contributed by atoms with Gasteiger partial charge in [0.2, 0.25) is 0 Å². The van der Waals surface area contributed by atoms with Crippen LogP contribution in [0.15, 0.2) is 71.5 Å². The Kier molecular flexibility index (Phi) is 7.16. The first-order valence-electron chi connectivity index (χ1n) is 11.7. The van der Waals surface area contributed by atoms with E-state index >= 15 is 0 Å².